The number of phenols is 2. The van der Waals surface area contributed by atoms with Crippen molar-refractivity contribution in [2.75, 3.05) is 0 Å². The fraction of sp³-hybridized carbons (Fsp3) is 0.333. The van der Waals surface area contributed by atoms with Gasteiger partial charge in [-0.15, -0.1) is 0 Å². The molecule has 19 heavy (non-hydrogen) atoms. The lowest BCUT2D eigenvalue weighted by Crippen LogP contribution is -2.44. The average molecular weight is 267 g/mol. The number of aromatic hydroxyl groups is 2. The number of phenolic OH excluding ortho intramolecular Hbond substituents is 2. The summed E-state index contributed by atoms with van der Waals surface area (Å²) in [6.45, 7) is 1.88. The van der Waals surface area contributed by atoms with Crippen molar-refractivity contribution in [2.45, 2.75) is 25.8 Å². The number of nitrogens with two attached hydrogens (primary N) is 1. The minimum Gasteiger partial charge on any atom is -0.508 e. The Bertz CT molecular complexity index is 488. The van der Waals surface area contributed by atoms with Gasteiger partial charge in [0.2, 0.25) is 0 Å². The van der Waals surface area contributed by atoms with E-state index in [2.05, 4.69) is 10.5 Å². The van der Waals surface area contributed by atoms with Gasteiger partial charge in [0.05, 0.1) is 11.6 Å². The molecule has 0 radical (unpaired) electrons. The van der Waals surface area contributed by atoms with Gasteiger partial charge < -0.3 is 26.5 Å². The predicted octanol–water partition coefficient (Wildman–Crippen LogP) is 0.743. The van der Waals surface area contributed by atoms with Crippen LogP contribution >= 0.6 is 0 Å². The maximum Gasteiger partial charge on any atom is 0.255 e. The van der Waals surface area contributed by atoms with E-state index in [0.717, 1.165) is 6.07 Å². The van der Waals surface area contributed by atoms with E-state index >= 15 is 0 Å². The second-order valence-corrected chi connectivity index (χ2v) is 4.04. The van der Waals surface area contributed by atoms with E-state index in [1.54, 1.807) is 0 Å². The molecular weight excluding hydrogens is 250 g/mol. The molecule has 1 rings (SSSR count). The Morgan fingerprint density at radius 3 is 2.74 bits per heavy atom. The zero-order valence-electron chi connectivity index (χ0n) is 10.5. The minimum atomic E-state index is -0.635. The third-order valence-corrected chi connectivity index (χ3v) is 2.58. The highest BCUT2D eigenvalue weighted by molar-refractivity contribution is 6.00. The molecule has 1 unspecified atom stereocenters. The number of amidine groups is 1. The summed E-state index contributed by atoms with van der Waals surface area (Å²) in [5, 5.41) is 32.9. The number of rotatable bonds is 5. The predicted molar refractivity (Wildman–Crippen MR) is 69.3 cm³/mol. The van der Waals surface area contributed by atoms with Crippen molar-refractivity contribution in [2.24, 2.45) is 10.9 Å². The fourth-order valence-electron chi connectivity index (χ4n) is 1.59. The number of amides is 1. The monoisotopic (exact) mass is 267 g/mol. The topological polar surface area (TPSA) is 128 Å². The van der Waals surface area contributed by atoms with E-state index in [1.165, 1.54) is 12.1 Å². The van der Waals surface area contributed by atoms with Gasteiger partial charge in [0.15, 0.2) is 5.84 Å². The van der Waals surface area contributed by atoms with Gasteiger partial charge in [-0.2, -0.15) is 0 Å². The molecule has 6 N–H and O–H groups in total. The summed E-state index contributed by atoms with van der Waals surface area (Å²) in [6, 6.07) is 2.98. The van der Waals surface area contributed by atoms with Gasteiger partial charge in [-0.25, -0.2) is 0 Å². The van der Waals surface area contributed by atoms with Crippen molar-refractivity contribution in [3.8, 4) is 11.5 Å². The summed E-state index contributed by atoms with van der Waals surface area (Å²) in [6.07, 6.45) is 1.20. The Morgan fingerprint density at radius 2 is 2.16 bits per heavy atom. The van der Waals surface area contributed by atoms with E-state index in [0.29, 0.717) is 12.8 Å². The number of hydrogen-bond donors (Lipinski definition) is 5. The van der Waals surface area contributed by atoms with Crippen LogP contribution in [0.2, 0.25) is 0 Å². The normalized spacial score (nSPS) is 13.0. The molecule has 7 nitrogen and oxygen atoms in total. The summed E-state index contributed by atoms with van der Waals surface area (Å²) in [4.78, 5) is 11.9. The van der Waals surface area contributed by atoms with Crippen LogP contribution < -0.4 is 11.1 Å². The standard InChI is InChI=1S/C12H17N3O4/c1-2-3-9(11(13)15-19)14-12(18)8-6-7(16)4-5-10(8)17/h4-6,9,16-17,19H,2-3H2,1H3,(H2,13,15)(H,14,18). The number of nitrogens with one attached hydrogen (secondary N) is 1. The molecule has 0 fully saturated rings. The molecule has 0 aliphatic heterocycles. The molecule has 7 heteroatoms. The summed E-state index contributed by atoms with van der Waals surface area (Å²) in [5.74, 6) is -1.13. The highest BCUT2D eigenvalue weighted by Crippen LogP contribution is 2.22. The molecule has 0 aliphatic carbocycles. The van der Waals surface area contributed by atoms with Crippen LogP contribution in [-0.2, 0) is 0 Å². The number of oxime groups is 1. The Morgan fingerprint density at radius 1 is 1.47 bits per heavy atom. The third-order valence-electron chi connectivity index (χ3n) is 2.58. The Balaban J connectivity index is 2.90. The molecule has 0 aromatic heterocycles. The fourth-order valence-corrected chi connectivity index (χ4v) is 1.59. The van der Waals surface area contributed by atoms with Crippen LogP contribution in [0.5, 0.6) is 11.5 Å². The molecule has 0 heterocycles. The molecule has 1 aromatic carbocycles. The quantitative estimate of drug-likeness (QED) is 0.177. The maximum absolute atomic E-state index is 11.9. The number of carbonyl (C=O) groups excluding carboxylic acids is 1. The van der Waals surface area contributed by atoms with Crippen LogP contribution in [0.15, 0.2) is 23.4 Å². The van der Waals surface area contributed by atoms with Gasteiger partial charge in [-0.1, -0.05) is 18.5 Å². The van der Waals surface area contributed by atoms with Crippen molar-refractivity contribution in [1.29, 1.82) is 0 Å². The summed E-state index contributed by atoms with van der Waals surface area (Å²) in [7, 11) is 0. The number of carbonyl (C=O) groups is 1. The average Bonchev–Trinajstić information content (AvgIpc) is 2.40. The van der Waals surface area contributed by atoms with E-state index < -0.39 is 11.9 Å². The van der Waals surface area contributed by atoms with E-state index in [1.807, 2.05) is 6.92 Å². The number of hydrogen-bond acceptors (Lipinski definition) is 5. The van der Waals surface area contributed by atoms with Crippen LogP contribution in [0, 0.1) is 0 Å². The molecule has 0 saturated heterocycles. The van der Waals surface area contributed by atoms with E-state index in [4.69, 9.17) is 10.9 Å². The lowest BCUT2D eigenvalue weighted by Gasteiger charge is -2.17. The third kappa shape index (κ3) is 3.77. The smallest absolute Gasteiger partial charge is 0.255 e. The molecular formula is C12H17N3O4. The van der Waals surface area contributed by atoms with Gasteiger partial charge >= 0.3 is 0 Å². The zero-order chi connectivity index (χ0) is 14.4. The highest BCUT2D eigenvalue weighted by atomic mass is 16.4. The van der Waals surface area contributed by atoms with Gasteiger partial charge in [0.1, 0.15) is 11.5 Å². The molecule has 0 aliphatic rings. The van der Waals surface area contributed by atoms with Crippen molar-refractivity contribution in [1.82, 2.24) is 5.32 Å². The minimum absolute atomic E-state index is 0.0770. The number of nitrogens with zero attached hydrogens (tertiary/aromatic N) is 1. The molecule has 0 saturated carbocycles. The maximum atomic E-state index is 11.9. The SMILES string of the molecule is CCCC(NC(=O)c1cc(O)ccc1O)/C(N)=N/O. The van der Waals surface area contributed by atoms with Gasteiger partial charge in [-0.3, -0.25) is 4.79 Å². The molecule has 1 atom stereocenters. The zero-order valence-corrected chi connectivity index (χ0v) is 10.5. The second kappa shape index (κ2) is 6.48. The van der Waals surface area contributed by atoms with E-state index in [-0.39, 0.29) is 22.9 Å². The molecule has 0 spiro atoms. The van der Waals surface area contributed by atoms with Crippen molar-refractivity contribution in [3.63, 3.8) is 0 Å². The first-order chi connectivity index (χ1) is 8.99. The molecule has 104 valence electrons. The lowest BCUT2D eigenvalue weighted by atomic mass is 10.1. The van der Waals surface area contributed by atoms with Crippen molar-refractivity contribution in [3.05, 3.63) is 23.8 Å². The van der Waals surface area contributed by atoms with Gasteiger partial charge in [-0.05, 0) is 24.6 Å². The summed E-state index contributed by atoms with van der Waals surface area (Å²) < 4.78 is 0. The first-order valence-electron chi connectivity index (χ1n) is 5.79. The van der Waals surface area contributed by atoms with Crippen LogP contribution in [0.4, 0.5) is 0 Å². The summed E-state index contributed by atoms with van der Waals surface area (Å²) in [5.41, 5.74) is 5.39. The molecule has 1 amide bonds. The Kier molecular flexibility index (Phi) is 4.99. The molecule has 0 bridgehead atoms. The van der Waals surface area contributed by atoms with E-state index in [9.17, 15) is 15.0 Å². The summed E-state index contributed by atoms with van der Waals surface area (Å²) >= 11 is 0. The highest BCUT2D eigenvalue weighted by Gasteiger charge is 2.19. The number of benzene rings is 1. The Hall–Kier alpha value is -2.44. The van der Waals surface area contributed by atoms with Gasteiger partial charge in [0.25, 0.3) is 5.91 Å². The van der Waals surface area contributed by atoms with Crippen LogP contribution in [0.25, 0.3) is 0 Å². The Labute approximate surface area is 110 Å². The van der Waals surface area contributed by atoms with Crippen molar-refractivity contribution < 1.29 is 20.2 Å². The first kappa shape index (κ1) is 14.6. The second-order valence-electron chi connectivity index (χ2n) is 4.04. The van der Waals surface area contributed by atoms with Gasteiger partial charge in [0, 0.05) is 0 Å². The molecule has 1 aromatic rings. The van der Waals surface area contributed by atoms with Crippen LogP contribution in [-0.4, -0.2) is 33.2 Å². The first-order valence-corrected chi connectivity index (χ1v) is 5.79. The lowest BCUT2D eigenvalue weighted by molar-refractivity contribution is 0.0941. The van der Waals surface area contributed by atoms with Crippen LogP contribution in [0.1, 0.15) is 30.1 Å². The van der Waals surface area contributed by atoms with Crippen LogP contribution in [0.3, 0.4) is 0 Å². The van der Waals surface area contributed by atoms with Crippen molar-refractivity contribution >= 4 is 11.7 Å². The largest absolute Gasteiger partial charge is 0.508 e.